The third-order valence-corrected chi connectivity index (χ3v) is 4.71. The molecule has 0 aromatic carbocycles. The fraction of sp³-hybridized carbons (Fsp3) is 0.176. The number of rotatable bonds is 0. The molecule has 124 valence electrons. The first-order valence-corrected chi connectivity index (χ1v) is 7.67. The molecule has 0 spiro atoms. The molecule has 1 atom stereocenters. The van der Waals surface area contributed by atoms with Crippen LogP contribution in [0.5, 0.6) is 0 Å². The minimum Gasteiger partial charge on any atom is -0.458 e. The molecule has 0 saturated heterocycles. The van der Waals surface area contributed by atoms with Crippen LogP contribution in [0.25, 0.3) is 22.3 Å². The van der Waals surface area contributed by atoms with Gasteiger partial charge in [-0.25, -0.2) is 9.78 Å². The number of nitrogens with one attached hydrogen (secondary N) is 1. The van der Waals surface area contributed by atoms with Crippen LogP contribution < -0.4 is 11.1 Å². The number of carbonyl (C=O) groups is 1. The Bertz CT molecular complexity index is 1210. The first-order valence-electron chi connectivity index (χ1n) is 7.67. The quantitative estimate of drug-likeness (QED) is 0.443. The lowest BCUT2D eigenvalue weighted by molar-refractivity contribution is -0.157. The van der Waals surface area contributed by atoms with E-state index in [1.165, 1.54) is 10.8 Å². The maximum absolute atomic E-state index is 12.8. The fourth-order valence-electron chi connectivity index (χ4n) is 3.46. The molecular weight excluding hydrogens is 326 g/mol. The minimum absolute atomic E-state index is 0.157. The Morgan fingerprint density at radius 1 is 1.28 bits per heavy atom. The molecule has 5 heterocycles. The van der Waals surface area contributed by atoms with Crippen LogP contribution >= 0.6 is 0 Å². The topological polar surface area (TPSA) is 114 Å². The van der Waals surface area contributed by atoms with Gasteiger partial charge in [-0.15, -0.1) is 0 Å². The van der Waals surface area contributed by atoms with Crippen LogP contribution in [0.4, 0.5) is 0 Å². The Morgan fingerprint density at radius 3 is 2.96 bits per heavy atom. The molecule has 0 radical (unpaired) electrons. The van der Waals surface area contributed by atoms with Gasteiger partial charge in [0.2, 0.25) is 0 Å². The second-order valence-corrected chi connectivity index (χ2v) is 6.10. The first-order chi connectivity index (χ1) is 12.0. The van der Waals surface area contributed by atoms with Gasteiger partial charge >= 0.3 is 5.97 Å². The van der Waals surface area contributed by atoms with Gasteiger partial charge < -0.3 is 19.4 Å². The number of hydrogen-bond donors (Lipinski definition) is 2. The Labute approximate surface area is 139 Å². The third kappa shape index (κ3) is 1.79. The Morgan fingerprint density at radius 2 is 2.12 bits per heavy atom. The summed E-state index contributed by atoms with van der Waals surface area (Å²) in [6, 6.07) is 5.02. The Kier molecular flexibility index (Phi) is 2.62. The van der Waals surface area contributed by atoms with Crippen LogP contribution in [0.15, 0.2) is 34.0 Å². The standard InChI is InChI=1S/C17H11N3O5/c21-14-8-4-12-13-7(3-9-11(19-13)1-2-18-15(9)22)5-20(12)16(23)10(8)6-25-17(14)24/h1-4,14,21H,5-6H2,(H,18,22). The lowest BCUT2D eigenvalue weighted by Crippen LogP contribution is -2.32. The van der Waals surface area contributed by atoms with Crippen molar-refractivity contribution >= 4 is 16.9 Å². The Hall–Kier alpha value is -3.26. The molecule has 0 saturated carbocycles. The van der Waals surface area contributed by atoms with Crippen LogP contribution in [0.1, 0.15) is 22.8 Å². The van der Waals surface area contributed by atoms with E-state index in [-0.39, 0.29) is 35.4 Å². The van der Waals surface area contributed by atoms with Crippen molar-refractivity contribution in [2.24, 2.45) is 0 Å². The zero-order chi connectivity index (χ0) is 17.3. The van der Waals surface area contributed by atoms with Gasteiger partial charge in [0.1, 0.15) is 6.61 Å². The van der Waals surface area contributed by atoms with Crippen LogP contribution in [0, 0.1) is 0 Å². The molecule has 3 aromatic heterocycles. The zero-order valence-corrected chi connectivity index (χ0v) is 12.8. The van der Waals surface area contributed by atoms with Crippen molar-refractivity contribution in [1.82, 2.24) is 14.5 Å². The van der Waals surface area contributed by atoms with E-state index in [4.69, 9.17) is 4.74 Å². The van der Waals surface area contributed by atoms with E-state index in [1.54, 1.807) is 18.2 Å². The highest BCUT2D eigenvalue weighted by molar-refractivity contribution is 5.84. The number of aliphatic hydroxyl groups excluding tert-OH is 1. The SMILES string of the molecule is O=C1OCc2c(cc3n(c2=O)Cc2cc4c(=O)[nH]ccc4nc2-3)C1O. The number of H-pyrrole nitrogens is 1. The van der Waals surface area contributed by atoms with E-state index in [0.29, 0.717) is 22.3 Å². The molecule has 8 nitrogen and oxygen atoms in total. The summed E-state index contributed by atoms with van der Waals surface area (Å²) >= 11 is 0. The van der Waals surface area contributed by atoms with Crippen molar-refractivity contribution in [2.75, 3.05) is 0 Å². The van der Waals surface area contributed by atoms with Crippen molar-refractivity contribution < 1.29 is 14.6 Å². The van der Waals surface area contributed by atoms with Gasteiger partial charge in [-0.1, -0.05) is 0 Å². The molecule has 0 fully saturated rings. The summed E-state index contributed by atoms with van der Waals surface area (Å²) in [4.78, 5) is 43.4. The van der Waals surface area contributed by atoms with Crippen molar-refractivity contribution in [1.29, 1.82) is 0 Å². The number of aromatic nitrogens is 3. The molecule has 2 N–H and O–H groups in total. The first kappa shape index (κ1) is 14.1. The van der Waals surface area contributed by atoms with Crippen molar-refractivity contribution in [3.63, 3.8) is 0 Å². The van der Waals surface area contributed by atoms with Crippen molar-refractivity contribution in [3.8, 4) is 11.4 Å². The number of aliphatic hydroxyl groups is 1. The van der Waals surface area contributed by atoms with E-state index < -0.39 is 12.1 Å². The van der Waals surface area contributed by atoms with Gasteiger partial charge in [0.05, 0.1) is 34.4 Å². The molecule has 2 aliphatic rings. The predicted molar refractivity (Wildman–Crippen MR) is 85.9 cm³/mol. The molecule has 3 aromatic rings. The van der Waals surface area contributed by atoms with Gasteiger partial charge in [-0.2, -0.15) is 0 Å². The highest BCUT2D eigenvalue weighted by Gasteiger charge is 2.33. The minimum atomic E-state index is -1.48. The van der Waals surface area contributed by atoms with E-state index in [0.717, 1.165) is 5.56 Å². The molecule has 5 rings (SSSR count). The summed E-state index contributed by atoms with van der Waals surface area (Å²) in [7, 11) is 0. The maximum atomic E-state index is 12.8. The van der Waals surface area contributed by atoms with E-state index >= 15 is 0 Å². The number of hydrogen-bond acceptors (Lipinski definition) is 6. The smallest absolute Gasteiger partial charge is 0.340 e. The van der Waals surface area contributed by atoms with Crippen molar-refractivity contribution in [2.45, 2.75) is 19.3 Å². The van der Waals surface area contributed by atoms with Crippen molar-refractivity contribution in [3.05, 3.63) is 61.8 Å². The molecular formula is C17H11N3O5. The zero-order valence-electron chi connectivity index (χ0n) is 12.8. The third-order valence-electron chi connectivity index (χ3n) is 4.71. The fourth-order valence-corrected chi connectivity index (χ4v) is 3.46. The number of aromatic amines is 1. The van der Waals surface area contributed by atoms with E-state index in [9.17, 15) is 19.5 Å². The second kappa shape index (κ2) is 4.64. The van der Waals surface area contributed by atoms with Gasteiger partial charge in [0.15, 0.2) is 6.10 Å². The Balaban J connectivity index is 1.82. The predicted octanol–water partition coefficient (Wildman–Crippen LogP) is 0.204. The number of carbonyl (C=O) groups excluding carboxylic acids is 1. The molecule has 2 aliphatic heterocycles. The molecule has 0 aliphatic carbocycles. The molecule has 0 bridgehead atoms. The van der Waals surface area contributed by atoms with Gasteiger partial charge in [0, 0.05) is 17.3 Å². The summed E-state index contributed by atoms with van der Waals surface area (Å²) in [5, 5.41) is 10.5. The maximum Gasteiger partial charge on any atom is 0.340 e. The van der Waals surface area contributed by atoms with Crippen LogP contribution in [-0.2, 0) is 22.7 Å². The molecule has 1 unspecified atom stereocenters. The van der Waals surface area contributed by atoms with Gasteiger partial charge in [-0.3, -0.25) is 9.59 Å². The lowest BCUT2D eigenvalue weighted by atomic mass is 10.0. The van der Waals surface area contributed by atoms with Crippen LogP contribution in [0.3, 0.4) is 0 Å². The number of pyridine rings is 3. The number of ether oxygens (including phenoxy) is 1. The second-order valence-electron chi connectivity index (χ2n) is 6.10. The summed E-state index contributed by atoms with van der Waals surface area (Å²) in [6.45, 7) is 0.119. The number of cyclic esters (lactones) is 1. The monoisotopic (exact) mass is 337 g/mol. The highest BCUT2D eigenvalue weighted by Crippen LogP contribution is 2.34. The van der Waals surface area contributed by atoms with Crippen LogP contribution in [-0.4, -0.2) is 25.6 Å². The van der Waals surface area contributed by atoms with E-state index in [2.05, 4.69) is 9.97 Å². The van der Waals surface area contributed by atoms with E-state index in [1.807, 2.05) is 0 Å². The largest absolute Gasteiger partial charge is 0.458 e. The lowest BCUT2D eigenvalue weighted by Gasteiger charge is -2.21. The summed E-state index contributed by atoms with van der Waals surface area (Å²) in [5.41, 5.74) is 2.31. The molecule has 25 heavy (non-hydrogen) atoms. The number of nitrogens with zero attached hydrogens (tertiary/aromatic N) is 2. The highest BCUT2D eigenvalue weighted by atomic mass is 16.5. The average Bonchev–Trinajstić information content (AvgIpc) is 2.96. The van der Waals surface area contributed by atoms with Crippen LogP contribution in [0.2, 0.25) is 0 Å². The summed E-state index contributed by atoms with van der Waals surface area (Å²) < 4.78 is 6.37. The number of esters is 1. The number of fused-ring (bicyclic) bond motifs is 5. The average molecular weight is 337 g/mol. The normalized spacial score (nSPS) is 17.8. The summed E-state index contributed by atoms with van der Waals surface area (Å²) in [6.07, 6.45) is 0.0355. The van der Waals surface area contributed by atoms with Gasteiger partial charge in [-0.05, 0) is 18.2 Å². The summed E-state index contributed by atoms with van der Waals surface area (Å²) in [5.74, 6) is -0.770. The molecule has 8 heteroatoms. The van der Waals surface area contributed by atoms with Gasteiger partial charge in [0.25, 0.3) is 11.1 Å². The molecule has 0 amide bonds.